The maximum absolute atomic E-state index is 5.73. The smallest absolute Gasteiger partial charge is 0.0706 e. The predicted octanol–water partition coefficient (Wildman–Crippen LogP) is 2.69. The predicted molar refractivity (Wildman–Crippen MR) is 60.3 cm³/mol. The average molecular weight is 186 g/mol. The summed E-state index contributed by atoms with van der Waals surface area (Å²) in [5.41, 5.74) is 9.95. The van der Waals surface area contributed by atoms with Crippen LogP contribution in [0.2, 0.25) is 0 Å². The molecule has 0 unspecified atom stereocenters. The van der Waals surface area contributed by atoms with Crippen molar-refractivity contribution in [3.05, 3.63) is 35.5 Å². The zero-order valence-electron chi connectivity index (χ0n) is 8.54. The van der Waals surface area contributed by atoms with Crippen molar-refractivity contribution >= 4 is 16.6 Å². The summed E-state index contributed by atoms with van der Waals surface area (Å²) in [5.74, 6) is 0. The Labute approximate surface area is 83.8 Å². The summed E-state index contributed by atoms with van der Waals surface area (Å²) in [6.45, 7) is 4.19. The molecule has 0 bridgehead atoms. The van der Waals surface area contributed by atoms with Crippen LogP contribution in [-0.2, 0) is 6.42 Å². The molecule has 0 saturated heterocycles. The van der Waals surface area contributed by atoms with Gasteiger partial charge in [-0.3, -0.25) is 4.98 Å². The lowest BCUT2D eigenvalue weighted by Gasteiger charge is -2.05. The summed E-state index contributed by atoms with van der Waals surface area (Å²) >= 11 is 0. The van der Waals surface area contributed by atoms with E-state index >= 15 is 0 Å². The van der Waals surface area contributed by atoms with Crippen LogP contribution in [0.15, 0.2) is 24.3 Å². The van der Waals surface area contributed by atoms with Crippen molar-refractivity contribution < 1.29 is 0 Å². The number of fused-ring (bicyclic) bond motifs is 1. The lowest BCUT2D eigenvalue weighted by molar-refractivity contribution is 1.07. The molecule has 2 N–H and O–H groups in total. The van der Waals surface area contributed by atoms with Gasteiger partial charge < -0.3 is 5.73 Å². The van der Waals surface area contributed by atoms with Crippen LogP contribution in [0.4, 0.5) is 5.69 Å². The molecular weight excluding hydrogens is 172 g/mol. The molecule has 0 aliphatic rings. The number of hydrogen-bond acceptors (Lipinski definition) is 2. The lowest BCUT2D eigenvalue weighted by Crippen LogP contribution is -1.93. The number of benzene rings is 1. The molecule has 0 aliphatic carbocycles. The second-order valence-corrected chi connectivity index (χ2v) is 3.54. The van der Waals surface area contributed by atoms with E-state index in [0.717, 1.165) is 28.7 Å². The first kappa shape index (κ1) is 9.00. The van der Waals surface area contributed by atoms with Crippen LogP contribution in [0.1, 0.15) is 18.2 Å². The van der Waals surface area contributed by atoms with Crippen molar-refractivity contribution in [3.8, 4) is 0 Å². The maximum atomic E-state index is 5.73. The van der Waals surface area contributed by atoms with Gasteiger partial charge in [0, 0.05) is 16.8 Å². The molecule has 2 rings (SSSR count). The van der Waals surface area contributed by atoms with Gasteiger partial charge in [0.05, 0.1) is 5.52 Å². The third kappa shape index (κ3) is 1.43. The van der Waals surface area contributed by atoms with Gasteiger partial charge >= 0.3 is 0 Å². The van der Waals surface area contributed by atoms with Gasteiger partial charge in [-0.15, -0.1) is 0 Å². The zero-order chi connectivity index (χ0) is 10.1. The second-order valence-electron chi connectivity index (χ2n) is 3.54. The summed E-state index contributed by atoms with van der Waals surface area (Å²) in [6, 6.07) is 8.01. The molecule has 2 heteroatoms. The molecular formula is C12H14N2. The molecule has 0 amide bonds. The van der Waals surface area contributed by atoms with E-state index in [-0.39, 0.29) is 0 Å². The largest absolute Gasteiger partial charge is 0.399 e. The van der Waals surface area contributed by atoms with E-state index in [9.17, 15) is 0 Å². The van der Waals surface area contributed by atoms with Gasteiger partial charge in [-0.2, -0.15) is 0 Å². The Morgan fingerprint density at radius 1 is 1.29 bits per heavy atom. The molecule has 0 aliphatic heterocycles. The number of anilines is 1. The van der Waals surface area contributed by atoms with Crippen molar-refractivity contribution in [2.24, 2.45) is 0 Å². The average Bonchev–Trinajstić information content (AvgIpc) is 2.17. The Hall–Kier alpha value is -1.57. The van der Waals surface area contributed by atoms with E-state index < -0.39 is 0 Å². The molecule has 0 spiro atoms. The first-order valence-corrected chi connectivity index (χ1v) is 4.86. The molecule has 0 radical (unpaired) electrons. The highest BCUT2D eigenvalue weighted by atomic mass is 14.7. The summed E-state index contributed by atoms with van der Waals surface area (Å²) < 4.78 is 0. The second kappa shape index (κ2) is 3.29. The normalized spacial score (nSPS) is 10.7. The van der Waals surface area contributed by atoms with Crippen molar-refractivity contribution in [2.75, 3.05) is 5.73 Å². The van der Waals surface area contributed by atoms with Gasteiger partial charge in [0.1, 0.15) is 0 Å². The van der Waals surface area contributed by atoms with Crippen LogP contribution in [-0.4, -0.2) is 4.98 Å². The van der Waals surface area contributed by atoms with Crippen molar-refractivity contribution in [2.45, 2.75) is 20.3 Å². The summed E-state index contributed by atoms with van der Waals surface area (Å²) in [7, 11) is 0. The highest BCUT2D eigenvalue weighted by Crippen LogP contribution is 2.19. The minimum absolute atomic E-state index is 0.796. The monoisotopic (exact) mass is 186 g/mol. The Morgan fingerprint density at radius 2 is 2.07 bits per heavy atom. The number of nitrogens with two attached hydrogens (primary N) is 1. The standard InChI is InChI=1S/C12H14N2/c1-3-9-6-10-7-11(13)4-5-12(10)14-8(9)2/h4-7H,3,13H2,1-2H3. The van der Waals surface area contributed by atoms with Gasteiger partial charge in [0.2, 0.25) is 0 Å². The topological polar surface area (TPSA) is 38.9 Å². The first-order valence-electron chi connectivity index (χ1n) is 4.86. The fourth-order valence-corrected chi connectivity index (χ4v) is 1.69. The van der Waals surface area contributed by atoms with Gasteiger partial charge in [-0.25, -0.2) is 0 Å². The Bertz CT molecular complexity index is 475. The molecule has 0 fully saturated rings. The fourth-order valence-electron chi connectivity index (χ4n) is 1.69. The van der Waals surface area contributed by atoms with E-state index in [1.807, 2.05) is 18.2 Å². The number of aromatic nitrogens is 1. The molecule has 72 valence electrons. The Morgan fingerprint density at radius 3 is 2.79 bits per heavy atom. The molecule has 2 nitrogen and oxygen atoms in total. The van der Waals surface area contributed by atoms with Crippen molar-refractivity contribution in [1.29, 1.82) is 0 Å². The Kier molecular flexibility index (Phi) is 2.12. The maximum Gasteiger partial charge on any atom is 0.0706 e. The van der Waals surface area contributed by atoms with E-state index in [4.69, 9.17) is 5.73 Å². The third-order valence-electron chi connectivity index (χ3n) is 2.52. The molecule has 0 saturated carbocycles. The van der Waals surface area contributed by atoms with E-state index in [1.54, 1.807) is 0 Å². The number of rotatable bonds is 1. The van der Waals surface area contributed by atoms with Crippen LogP contribution in [0.25, 0.3) is 10.9 Å². The molecule has 14 heavy (non-hydrogen) atoms. The number of aryl methyl sites for hydroxylation is 2. The minimum atomic E-state index is 0.796. The van der Waals surface area contributed by atoms with Crippen molar-refractivity contribution in [1.82, 2.24) is 4.98 Å². The van der Waals surface area contributed by atoms with Crippen LogP contribution < -0.4 is 5.73 Å². The number of hydrogen-bond donors (Lipinski definition) is 1. The lowest BCUT2D eigenvalue weighted by atomic mass is 10.1. The first-order chi connectivity index (χ1) is 6.70. The van der Waals surface area contributed by atoms with E-state index in [2.05, 4.69) is 24.9 Å². The summed E-state index contributed by atoms with van der Waals surface area (Å²) in [6.07, 6.45) is 1.02. The highest BCUT2D eigenvalue weighted by Gasteiger charge is 2.01. The van der Waals surface area contributed by atoms with Gasteiger partial charge in [0.25, 0.3) is 0 Å². The molecule has 1 aromatic heterocycles. The van der Waals surface area contributed by atoms with Crippen LogP contribution in [0, 0.1) is 6.92 Å². The molecule has 1 aromatic carbocycles. The number of nitrogen functional groups attached to an aromatic ring is 1. The summed E-state index contributed by atoms with van der Waals surface area (Å²) in [5, 5.41) is 1.13. The number of nitrogens with zero attached hydrogens (tertiary/aromatic N) is 1. The van der Waals surface area contributed by atoms with Gasteiger partial charge in [0.15, 0.2) is 0 Å². The molecule has 2 aromatic rings. The van der Waals surface area contributed by atoms with Gasteiger partial charge in [-0.1, -0.05) is 6.92 Å². The zero-order valence-corrected chi connectivity index (χ0v) is 8.54. The van der Waals surface area contributed by atoms with E-state index in [1.165, 1.54) is 5.56 Å². The van der Waals surface area contributed by atoms with E-state index in [0.29, 0.717) is 0 Å². The SMILES string of the molecule is CCc1cc2cc(N)ccc2nc1C. The van der Waals surface area contributed by atoms with Crippen LogP contribution in [0.3, 0.4) is 0 Å². The summed E-state index contributed by atoms with van der Waals surface area (Å²) in [4.78, 5) is 4.53. The fraction of sp³-hybridized carbons (Fsp3) is 0.250. The quantitative estimate of drug-likeness (QED) is 0.695. The highest BCUT2D eigenvalue weighted by molar-refractivity contribution is 5.82. The van der Waals surface area contributed by atoms with Gasteiger partial charge in [-0.05, 0) is 43.2 Å². The third-order valence-corrected chi connectivity index (χ3v) is 2.52. The minimum Gasteiger partial charge on any atom is -0.399 e. The van der Waals surface area contributed by atoms with Crippen molar-refractivity contribution in [3.63, 3.8) is 0 Å². The van der Waals surface area contributed by atoms with Crippen LogP contribution >= 0.6 is 0 Å². The molecule has 1 heterocycles. The Balaban J connectivity index is 2.73. The number of pyridine rings is 1. The molecule has 0 atom stereocenters. The van der Waals surface area contributed by atoms with Crippen LogP contribution in [0.5, 0.6) is 0 Å².